The fourth-order valence-electron chi connectivity index (χ4n) is 2.11. The minimum atomic E-state index is -0.595. The maximum Gasteiger partial charge on any atom is 0.242 e. The predicted molar refractivity (Wildman–Crippen MR) is 103 cm³/mol. The van der Waals surface area contributed by atoms with E-state index in [0.717, 1.165) is 12.1 Å². The molecule has 0 saturated carbocycles. The molecule has 0 aliphatic heterocycles. The third kappa shape index (κ3) is 8.86. The van der Waals surface area contributed by atoms with Gasteiger partial charge in [-0.1, -0.05) is 44.2 Å². The zero-order valence-electron chi connectivity index (χ0n) is 15.6. The first kappa shape index (κ1) is 23.4. The Bertz CT molecular complexity index is 523. The molecular weight excluding hydrogens is 340 g/mol. The average molecular weight is 371 g/mol. The summed E-state index contributed by atoms with van der Waals surface area (Å²) in [5, 5.41) is 2.65. The van der Waals surface area contributed by atoms with Crippen molar-refractivity contribution in [2.45, 2.75) is 26.4 Å². The molecular formula is C18H31ClN4O2. The quantitative estimate of drug-likeness (QED) is 0.682. The summed E-state index contributed by atoms with van der Waals surface area (Å²) in [4.78, 5) is 28.2. The molecule has 1 rings (SSSR count). The molecule has 7 heteroatoms. The van der Waals surface area contributed by atoms with Crippen LogP contribution >= 0.6 is 12.4 Å². The highest BCUT2D eigenvalue weighted by atomic mass is 35.5. The van der Waals surface area contributed by atoms with Crippen molar-refractivity contribution in [3.8, 4) is 0 Å². The summed E-state index contributed by atoms with van der Waals surface area (Å²) in [7, 11) is 3.93. The summed E-state index contributed by atoms with van der Waals surface area (Å²) in [5.41, 5.74) is 6.87. The molecule has 25 heavy (non-hydrogen) atoms. The molecule has 0 aliphatic rings. The van der Waals surface area contributed by atoms with Gasteiger partial charge in [0.05, 0.1) is 12.6 Å². The van der Waals surface area contributed by atoms with Crippen molar-refractivity contribution in [1.82, 2.24) is 15.1 Å². The first-order chi connectivity index (χ1) is 11.3. The van der Waals surface area contributed by atoms with Gasteiger partial charge in [0.1, 0.15) is 0 Å². The molecule has 0 saturated heterocycles. The number of nitrogens with one attached hydrogen (secondary N) is 1. The van der Waals surface area contributed by atoms with Crippen LogP contribution in [0.5, 0.6) is 0 Å². The molecule has 0 aliphatic carbocycles. The van der Waals surface area contributed by atoms with Gasteiger partial charge in [-0.2, -0.15) is 0 Å². The zero-order valence-corrected chi connectivity index (χ0v) is 16.4. The number of nitrogens with two attached hydrogens (primary N) is 1. The maximum absolute atomic E-state index is 12.5. The van der Waals surface area contributed by atoms with E-state index < -0.39 is 6.04 Å². The van der Waals surface area contributed by atoms with Crippen LogP contribution in [0.4, 0.5) is 0 Å². The molecule has 1 aromatic rings. The Hall–Kier alpha value is -1.63. The lowest BCUT2D eigenvalue weighted by Gasteiger charge is -2.25. The molecule has 1 aromatic carbocycles. The summed E-state index contributed by atoms with van der Waals surface area (Å²) in [6, 6.07) is 9.23. The summed E-state index contributed by atoms with van der Waals surface area (Å²) in [6.07, 6.45) is 0. The van der Waals surface area contributed by atoms with Crippen LogP contribution < -0.4 is 11.1 Å². The second-order valence-corrected chi connectivity index (χ2v) is 6.59. The Balaban J connectivity index is 0.00000576. The molecule has 0 aromatic heterocycles. The molecule has 0 unspecified atom stereocenters. The third-order valence-electron chi connectivity index (χ3n) is 3.82. The number of hydrogen-bond donors (Lipinski definition) is 2. The van der Waals surface area contributed by atoms with Crippen molar-refractivity contribution in [3.05, 3.63) is 35.9 Å². The molecule has 142 valence electrons. The standard InChI is InChI=1S/C18H30N4O2.ClH/c1-14(2)17(19)18(24)20-12-16(23)22(11-10-21(3)4)13-15-8-6-5-7-9-15;/h5-9,14,17H,10-13,19H2,1-4H3,(H,20,24);1H/t17-;/m0./s1. The zero-order chi connectivity index (χ0) is 18.1. The van der Waals surface area contributed by atoms with E-state index in [1.165, 1.54) is 0 Å². The van der Waals surface area contributed by atoms with Crippen molar-refractivity contribution >= 4 is 24.2 Å². The minimum Gasteiger partial charge on any atom is -0.346 e. The summed E-state index contributed by atoms with van der Waals surface area (Å²) in [5.74, 6) is -0.357. The Morgan fingerprint density at radius 1 is 1.12 bits per heavy atom. The van der Waals surface area contributed by atoms with Crippen molar-refractivity contribution < 1.29 is 9.59 Å². The van der Waals surface area contributed by atoms with Gasteiger partial charge in [-0.3, -0.25) is 9.59 Å². The normalized spacial score (nSPS) is 11.8. The number of carbonyl (C=O) groups excluding carboxylic acids is 2. The van der Waals surface area contributed by atoms with E-state index in [9.17, 15) is 9.59 Å². The number of rotatable bonds is 9. The molecule has 0 radical (unpaired) electrons. The van der Waals surface area contributed by atoms with Crippen molar-refractivity contribution in [2.24, 2.45) is 11.7 Å². The Morgan fingerprint density at radius 2 is 1.72 bits per heavy atom. The first-order valence-corrected chi connectivity index (χ1v) is 8.31. The van der Waals surface area contributed by atoms with E-state index in [4.69, 9.17) is 5.73 Å². The SMILES string of the molecule is CC(C)[C@H](N)C(=O)NCC(=O)N(CCN(C)C)Cc1ccccc1.Cl. The molecule has 2 amide bonds. The van der Waals surface area contributed by atoms with E-state index >= 15 is 0 Å². The van der Waals surface area contributed by atoms with E-state index in [-0.39, 0.29) is 36.7 Å². The maximum atomic E-state index is 12.5. The summed E-state index contributed by atoms with van der Waals surface area (Å²) < 4.78 is 0. The Kier molecular flexibility index (Phi) is 11.1. The lowest BCUT2D eigenvalue weighted by atomic mass is 10.1. The van der Waals surface area contributed by atoms with Gasteiger partial charge >= 0.3 is 0 Å². The van der Waals surface area contributed by atoms with Crippen LogP contribution in [0.1, 0.15) is 19.4 Å². The van der Waals surface area contributed by atoms with Crippen LogP contribution in [0, 0.1) is 5.92 Å². The highest BCUT2D eigenvalue weighted by Gasteiger charge is 2.20. The van der Waals surface area contributed by atoms with Gasteiger partial charge in [-0.15, -0.1) is 12.4 Å². The summed E-state index contributed by atoms with van der Waals surface area (Å²) in [6.45, 7) is 5.62. The number of halogens is 1. The van der Waals surface area contributed by atoms with E-state index in [1.807, 2.05) is 63.2 Å². The number of likely N-dealkylation sites (N-methyl/N-ethyl adjacent to an activating group) is 1. The topological polar surface area (TPSA) is 78.7 Å². The van der Waals surface area contributed by atoms with Gasteiger partial charge in [-0.05, 0) is 25.6 Å². The van der Waals surface area contributed by atoms with Crippen LogP contribution in [-0.2, 0) is 16.1 Å². The van der Waals surface area contributed by atoms with Crippen LogP contribution in [0.3, 0.4) is 0 Å². The van der Waals surface area contributed by atoms with Gasteiger partial charge < -0.3 is 20.9 Å². The number of nitrogens with zero attached hydrogens (tertiary/aromatic N) is 2. The third-order valence-corrected chi connectivity index (χ3v) is 3.82. The number of benzene rings is 1. The van der Waals surface area contributed by atoms with Gasteiger partial charge in [0.15, 0.2) is 0 Å². The van der Waals surface area contributed by atoms with Crippen LogP contribution in [0.15, 0.2) is 30.3 Å². The highest BCUT2D eigenvalue weighted by molar-refractivity contribution is 5.87. The predicted octanol–water partition coefficient (Wildman–Crippen LogP) is 1.10. The van der Waals surface area contributed by atoms with Gasteiger partial charge in [0.25, 0.3) is 0 Å². The van der Waals surface area contributed by atoms with Gasteiger partial charge in [0.2, 0.25) is 11.8 Å². The number of carbonyl (C=O) groups is 2. The lowest BCUT2D eigenvalue weighted by molar-refractivity contribution is -0.134. The van der Waals surface area contributed by atoms with E-state index in [0.29, 0.717) is 13.1 Å². The molecule has 0 heterocycles. The molecule has 3 N–H and O–H groups in total. The highest BCUT2D eigenvalue weighted by Crippen LogP contribution is 2.05. The molecule has 0 fully saturated rings. The monoisotopic (exact) mass is 370 g/mol. The smallest absolute Gasteiger partial charge is 0.242 e. The molecule has 0 spiro atoms. The van der Waals surface area contributed by atoms with Crippen molar-refractivity contribution in [2.75, 3.05) is 33.7 Å². The van der Waals surface area contributed by atoms with Crippen LogP contribution in [-0.4, -0.2) is 61.4 Å². The molecule has 6 nitrogen and oxygen atoms in total. The first-order valence-electron chi connectivity index (χ1n) is 8.31. The average Bonchev–Trinajstić information content (AvgIpc) is 2.55. The number of amides is 2. The van der Waals surface area contributed by atoms with Crippen molar-refractivity contribution in [1.29, 1.82) is 0 Å². The Labute approximate surface area is 157 Å². The van der Waals surface area contributed by atoms with E-state index in [1.54, 1.807) is 4.90 Å². The second kappa shape index (κ2) is 11.8. The number of hydrogen-bond acceptors (Lipinski definition) is 4. The van der Waals surface area contributed by atoms with Crippen molar-refractivity contribution in [3.63, 3.8) is 0 Å². The van der Waals surface area contributed by atoms with Crippen LogP contribution in [0.2, 0.25) is 0 Å². The largest absolute Gasteiger partial charge is 0.346 e. The second-order valence-electron chi connectivity index (χ2n) is 6.59. The van der Waals surface area contributed by atoms with Crippen LogP contribution in [0.25, 0.3) is 0 Å². The van der Waals surface area contributed by atoms with Gasteiger partial charge in [0, 0.05) is 19.6 Å². The molecule has 0 bridgehead atoms. The Morgan fingerprint density at radius 3 is 2.24 bits per heavy atom. The van der Waals surface area contributed by atoms with Gasteiger partial charge in [-0.25, -0.2) is 0 Å². The lowest BCUT2D eigenvalue weighted by Crippen LogP contribution is -2.48. The molecule has 1 atom stereocenters. The van der Waals surface area contributed by atoms with E-state index in [2.05, 4.69) is 5.32 Å². The fourth-order valence-corrected chi connectivity index (χ4v) is 2.11. The fraction of sp³-hybridized carbons (Fsp3) is 0.556. The summed E-state index contributed by atoms with van der Waals surface area (Å²) >= 11 is 0. The minimum absolute atomic E-state index is 0.